The Morgan fingerprint density at radius 2 is 2.16 bits per heavy atom. The van der Waals surface area contributed by atoms with Gasteiger partial charge in [0.25, 0.3) is 0 Å². The van der Waals surface area contributed by atoms with Crippen molar-refractivity contribution < 1.29 is 0 Å². The van der Waals surface area contributed by atoms with E-state index in [1.54, 1.807) is 18.6 Å². The average molecular weight is 276 g/mol. The molecule has 0 saturated heterocycles. The summed E-state index contributed by atoms with van der Waals surface area (Å²) in [5.74, 6) is 6.94. The van der Waals surface area contributed by atoms with Gasteiger partial charge >= 0.3 is 0 Å². The third-order valence-corrected chi connectivity index (χ3v) is 3.51. The van der Waals surface area contributed by atoms with E-state index >= 15 is 0 Å². The summed E-state index contributed by atoms with van der Waals surface area (Å²) in [6.07, 6.45) is 6.83. The van der Waals surface area contributed by atoms with Crippen LogP contribution in [0.3, 0.4) is 0 Å². The standard InChI is InChI=1S/C12H16N6S/c1-3-4-9-16-11(18-13)8(2)12(17-9)19-10-7-14-5-6-15-10/h5-7H,3-4,13H2,1-2H3,(H,16,17,18). The summed E-state index contributed by atoms with van der Waals surface area (Å²) in [4.78, 5) is 17.2. The van der Waals surface area contributed by atoms with Crippen LogP contribution in [0.15, 0.2) is 28.6 Å². The van der Waals surface area contributed by atoms with Crippen molar-refractivity contribution >= 4 is 17.6 Å². The van der Waals surface area contributed by atoms with Crippen LogP contribution in [0.4, 0.5) is 5.82 Å². The normalized spacial score (nSPS) is 10.5. The lowest BCUT2D eigenvalue weighted by atomic mass is 10.3. The van der Waals surface area contributed by atoms with Crippen molar-refractivity contribution in [3.05, 3.63) is 30.0 Å². The zero-order valence-electron chi connectivity index (χ0n) is 10.9. The van der Waals surface area contributed by atoms with Gasteiger partial charge in [0.05, 0.1) is 6.20 Å². The van der Waals surface area contributed by atoms with Crippen molar-refractivity contribution in [3.63, 3.8) is 0 Å². The number of anilines is 1. The van der Waals surface area contributed by atoms with Crippen molar-refractivity contribution in [2.24, 2.45) is 5.84 Å². The topological polar surface area (TPSA) is 89.6 Å². The number of nitrogens with one attached hydrogen (secondary N) is 1. The van der Waals surface area contributed by atoms with Gasteiger partial charge in [-0.1, -0.05) is 6.92 Å². The second-order valence-corrected chi connectivity index (χ2v) is 4.97. The Kier molecular flexibility index (Phi) is 4.64. The fraction of sp³-hybridized carbons (Fsp3) is 0.333. The fourth-order valence-corrected chi connectivity index (χ4v) is 2.38. The molecular formula is C12H16N6S. The molecule has 0 atom stereocenters. The van der Waals surface area contributed by atoms with Crippen LogP contribution >= 0.6 is 11.8 Å². The minimum atomic E-state index is 0.657. The molecule has 2 aromatic rings. The predicted molar refractivity (Wildman–Crippen MR) is 74.7 cm³/mol. The first-order valence-electron chi connectivity index (χ1n) is 6.02. The molecule has 7 heteroatoms. The van der Waals surface area contributed by atoms with Gasteiger partial charge in [0.2, 0.25) is 0 Å². The maximum Gasteiger partial charge on any atom is 0.147 e. The van der Waals surface area contributed by atoms with Crippen LogP contribution < -0.4 is 11.3 Å². The molecule has 0 radical (unpaired) electrons. The summed E-state index contributed by atoms with van der Waals surface area (Å²) in [7, 11) is 0. The number of rotatable bonds is 5. The summed E-state index contributed by atoms with van der Waals surface area (Å²) in [5.41, 5.74) is 3.53. The number of hydrogen-bond acceptors (Lipinski definition) is 7. The number of hydrogen-bond donors (Lipinski definition) is 2. The van der Waals surface area contributed by atoms with Crippen molar-refractivity contribution in [2.45, 2.75) is 36.7 Å². The smallest absolute Gasteiger partial charge is 0.147 e. The highest BCUT2D eigenvalue weighted by Gasteiger charge is 2.11. The van der Waals surface area contributed by atoms with Crippen molar-refractivity contribution in [3.8, 4) is 0 Å². The molecule has 2 heterocycles. The highest BCUT2D eigenvalue weighted by atomic mass is 32.2. The summed E-state index contributed by atoms with van der Waals surface area (Å²) < 4.78 is 0. The van der Waals surface area contributed by atoms with E-state index < -0.39 is 0 Å². The van der Waals surface area contributed by atoms with Crippen molar-refractivity contribution in [1.29, 1.82) is 0 Å². The van der Waals surface area contributed by atoms with Gasteiger partial charge in [0, 0.05) is 24.4 Å². The van der Waals surface area contributed by atoms with Crippen LogP contribution in [0.5, 0.6) is 0 Å². The van der Waals surface area contributed by atoms with E-state index in [4.69, 9.17) is 5.84 Å². The highest BCUT2D eigenvalue weighted by molar-refractivity contribution is 7.99. The molecule has 6 nitrogen and oxygen atoms in total. The second kappa shape index (κ2) is 6.44. The van der Waals surface area contributed by atoms with E-state index in [1.807, 2.05) is 6.92 Å². The fourth-order valence-electron chi connectivity index (χ4n) is 1.55. The highest BCUT2D eigenvalue weighted by Crippen LogP contribution is 2.29. The van der Waals surface area contributed by atoms with Gasteiger partial charge in [-0.3, -0.25) is 4.98 Å². The molecule has 0 aliphatic rings. The Labute approximate surface area is 116 Å². The van der Waals surface area contributed by atoms with Crippen molar-refractivity contribution in [1.82, 2.24) is 19.9 Å². The van der Waals surface area contributed by atoms with Gasteiger partial charge in [-0.15, -0.1) is 0 Å². The summed E-state index contributed by atoms with van der Waals surface area (Å²) in [6, 6.07) is 0. The summed E-state index contributed by atoms with van der Waals surface area (Å²) in [5, 5.41) is 1.65. The number of aromatic nitrogens is 4. The molecule has 0 fully saturated rings. The summed E-state index contributed by atoms with van der Waals surface area (Å²) >= 11 is 1.46. The van der Waals surface area contributed by atoms with Gasteiger partial charge < -0.3 is 5.43 Å². The largest absolute Gasteiger partial charge is 0.308 e. The molecular weight excluding hydrogens is 260 g/mol. The van der Waals surface area contributed by atoms with Gasteiger partial charge in [-0.2, -0.15) is 0 Å². The van der Waals surface area contributed by atoms with Crippen LogP contribution in [0.2, 0.25) is 0 Å². The molecule has 0 aliphatic carbocycles. The van der Waals surface area contributed by atoms with Gasteiger partial charge in [0.15, 0.2) is 0 Å². The Morgan fingerprint density at radius 3 is 2.79 bits per heavy atom. The Bertz CT molecular complexity index is 545. The van der Waals surface area contributed by atoms with Crippen LogP contribution in [-0.4, -0.2) is 19.9 Å². The van der Waals surface area contributed by atoms with Gasteiger partial charge in [-0.25, -0.2) is 20.8 Å². The van der Waals surface area contributed by atoms with E-state index in [2.05, 4.69) is 32.3 Å². The first kappa shape index (κ1) is 13.7. The predicted octanol–water partition coefficient (Wildman–Crippen LogP) is 1.96. The van der Waals surface area contributed by atoms with Crippen LogP contribution in [0.1, 0.15) is 24.7 Å². The van der Waals surface area contributed by atoms with Crippen molar-refractivity contribution in [2.75, 3.05) is 5.43 Å². The molecule has 0 saturated carbocycles. The molecule has 0 unspecified atom stereocenters. The number of nitrogens with two attached hydrogens (primary N) is 1. The molecule has 0 aliphatic heterocycles. The third kappa shape index (κ3) is 3.39. The van der Waals surface area contributed by atoms with E-state index in [9.17, 15) is 0 Å². The minimum absolute atomic E-state index is 0.657. The first-order chi connectivity index (χ1) is 9.24. The maximum atomic E-state index is 5.50. The zero-order valence-corrected chi connectivity index (χ0v) is 11.7. The maximum absolute atomic E-state index is 5.50. The number of nitrogens with zero attached hydrogens (tertiary/aromatic N) is 4. The first-order valence-corrected chi connectivity index (χ1v) is 6.84. The van der Waals surface area contributed by atoms with E-state index in [-0.39, 0.29) is 0 Å². The van der Waals surface area contributed by atoms with Crippen LogP contribution in [-0.2, 0) is 6.42 Å². The Hall–Kier alpha value is -1.73. The number of aryl methyl sites for hydroxylation is 1. The monoisotopic (exact) mass is 276 g/mol. The Balaban J connectivity index is 2.35. The number of nitrogen functional groups attached to an aromatic ring is 1. The molecule has 19 heavy (non-hydrogen) atoms. The van der Waals surface area contributed by atoms with E-state index in [0.29, 0.717) is 5.82 Å². The van der Waals surface area contributed by atoms with E-state index in [1.165, 1.54) is 11.8 Å². The lowest BCUT2D eigenvalue weighted by Crippen LogP contribution is -2.13. The Morgan fingerprint density at radius 1 is 1.32 bits per heavy atom. The second-order valence-electron chi connectivity index (χ2n) is 3.96. The third-order valence-electron chi connectivity index (χ3n) is 2.50. The van der Waals surface area contributed by atoms with Crippen LogP contribution in [0, 0.1) is 6.92 Å². The molecule has 3 N–H and O–H groups in total. The quantitative estimate of drug-likeness (QED) is 0.490. The molecule has 0 bridgehead atoms. The number of hydrazine groups is 1. The average Bonchev–Trinajstić information content (AvgIpc) is 2.43. The molecule has 0 spiro atoms. The van der Waals surface area contributed by atoms with E-state index in [0.717, 1.165) is 34.3 Å². The summed E-state index contributed by atoms with van der Waals surface area (Å²) in [6.45, 7) is 4.03. The van der Waals surface area contributed by atoms with Gasteiger partial charge in [0.1, 0.15) is 21.7 Å². The van der Waals surface area contributed by atoms with Gasteiger partial charge in [-0.05, 0) is 25.1 Å². The lowest BCUT2D eigenvalue weighted by Gasteiger charge is -2.10. The molecule has 2 rings (SSSR count). The molecule has 0 amide bonds. The molecule has 2 aromatic heterocycles. The van der Waals surface area contributed by atoms with Crippen LogP contribution in [0.25, 0.3) is 0 Å². The molecule has 0 aromatic carbocycles. The zero-order chi connectivity index (χ0) is 13.7. The lowest BCUT2D eigenvalue weighted by molar-refractivity contribution is 0.802. The SMILES string of the molecule is CCCc1nc(NN)c(C)c(Sc2cnccn2)n1. The molecule has 100 valence electrons. The minimum Gasteiger partial charge on any atom is -0.308 e.